The zero-order valence-electron chi connectivity index (χ0n) is 14.6. The number of carbonyl (C=O) groups is 1. The Bertz CT molecular complexity index is 889. The molecule has 0 spiro atoms. The summed E-state index contributed by atoms with van der Waals surface area (Å²) in [5, 5.41) is 3.42. The Morgan fingerprint density at radius 3 is 2.62 bits per heavy atom. The van der Waals surface area contributed by atoms with Gasteiger partial charge in [-0.1, -0.05) is 11.8 Å². The van der Waals surface area contributed by atoms with Gasteiger partial charge in [0.2, 0.25) is 5.88 Å². The number of furan rings is 1. The summed E-state index contributed by atoms with van der Waals surface area (Å²) in [6.45, 7) is 3.87. The molecule has 0 aliphatic carbocycles. The van der Waals surface area contributed by atoms with Crippen LogP contribution in [-0.2, 0) is 5.75 Å². The number of hydrogen-bond donors (Lipinski definition) is 1. The lowest BCUT2D eigenvalue weighted by Gasteiger charge is -2.04. The zero-order valence-corrected chi connectivity index (χ0v) is 15.5. The molecule has 0 aromatic carbocycles. The smallest absolute Gasteiger partial charge is 0.291 e. The van der Waals surface area contributed by atoms with Crippen molar-refractivity contribution in [2.45, 2.75) is 24.8 Å². The van der Waals surface area contributed by atoms with Gasteiger partial charge in [-0.05, 0) is 38.1 Å². The molecule has 134 valence electrons. The maximum absolute atomic E-state index is 12.3. The number of amides is 1. The number of anilines is 1. The Balaban J connectivity index is 1.60. The molecule has 26 heavy (non-hydrogen) atoms. The lowest BCUT2D eigenvalue weighted by Crippen LogP contribution is -2.11. The van der Waals surface area contributed by atoms with Crippen molar-refractivity contribution >= 4 is 23.4 Å². The molecule has 0 saturated heterocycles. The van der Waals surface area contributed by atoms with Gasteiger partial charge >= 0.3 is 0 Å². The van der Waals surface area contributed by atoms with Gasteiger partial charge in [-0.2, -0.15) is 0 Å². The normalized spacial score (nSPS) is 10.6. The highest BCUT2D eigenvalue weighted by atomic mass is 32.2. The van der Waals surface area contributed by atoms with E-state index < -0.39 is 0 Å². The molecule has 0 unspecified atom stereocenters. The van der Waals surface area contributed by atoms with Crippen molar-refractivity contribution in [2.24, 2.45) is 0 Å². The molecule has 3 aromatic heterocycles. The van der Waals surface area contributed by atoms with Crippen LogP contribution in [0.1, 0.15) is 27.7 Å². The number of thioether (sulfide) groups is 1. The van der Waals surface area contributed by atoms with Crippen molar-refractivity contribution in [1.29, 1.82) is 0 Å². The van der Waals surface area contributed by atoms with Crippen LogP contribution in [0.2, 0.25) is 0 Å². The van der Waals surface area contributed by atoms with Gasteiger partial charge in [-0.15, -0.1) is 0 Å². The summed E-state index contributed by atoms with van der Waals surface area (Å²) >= 11 is 1.46. The minimum Gasteiger partial charge on any atom is -0.481 e. The second-order valence-corrected chi connectivity index (χ2v) is 6.47. The first kappa shape index (κ1) is 17.9. The fraction of sp³-hybridized carbons (Fsp3) is 0.222. The summed E-state index contributed by atoms with van der Waals surface area (Å²) in [6.07, 6.45) is 1.52. The standard InChI is InChI=1S/C18H18N4O3S/c1-11-8-12(2)21-18(20-11)26-10-14-5-6-15(25-14)17(23)22-13-4-7-16(24-3)19-9-13/h4-9H,10H2,1-3H3,(H,22,23). The van der Waals surface area contributed by atoms with Crippen molar-refractivity contribution in [2.75, 3.05) is 12.4 Å². The number of nitrogens with one attached hydrogen (secondary N) is 1. The van der Waals surface area contributed by atoms with Gasteiger partial charge < -0.3 is 14.5 Å². The van der Waals surface area contributed by atoms with Crippen molar-refractivity contribution < 1.29 is 13.9 Å². The Kier molecular flexibility index (Phi) is 5.52. The van der Waals surface area contributed by atoms with Gasteiger partial charge in [0.25, 0.3) is 5.91 Å². The lowest BCUT2D eigenvalue weighted by molar-refractivity contribution is 0.0995. The van der Waals surface area contributed by atoms with Crippen molar-refractivity contribution in [3.63, 3.8) is 0 Å². The summed E-state index contributed by atoms with van der Waals surface area (Å²) in [5.74, 6) is 1.60. The topological polar surface area (TPSA) is 90.1 Å². The van der Waals surface area contributed by atoms with E-state index in [1.807, 2.05) is 19.9 Å². The summed E-state index contributed by atoms with van der Waals surface area (Å²) < 4.78 is 10.6. The molecule has 1 N–H and O–H groups in total. The largest absolute Gasteiger partial charge is 0.481 e. The number of pyridine rings is 1. The van der Waals surface area contributed by atoms with Crippen molar-refractivity contribution in [3.8, 4) is 5.88 Å². The molecule has 0 atom stereocenters. The molecule has 3 rings (SSSR count). The number of ether oxygens (including phenoxy) is 1. The Morgan fingerprint density at radius 2 is 1.96 bits per heavy atom. The maximum Gasteiger partial charge on any atom is 0.291 e. The van der Waals surface area contributed by atoms with E-state index in [1.165, 1.54) is 25.1 Å². The predicted octanol–water partition coefficient (Wildman–Crippen LogP) is 3.63. The molecular weight excluding hydrogens is 352 g/mol. The average Bonchev–Trinajstić information content (AvgIpc) is 3.09. The first-order valence-corrected chi connectivity index (χ1v) is 8.87. The summed E-state index contributed by atoms with van der Waals surface area (Å²) in [5.41, 5.74) is 2.41. The van der Waals surface area contributed by atoms with Gasteiger partial charge in [0.05, 0.1) is 24.7 Å². The number of rotatable bonds is 6. The number of carbonyl (C=O) groups excluding carboxylic acids is 1. The number of hydrogen-bond acceptors (Lipinski definition) is 7. The second kappa shape index (κ2) is 8.01. The molecule has 3 aromatic rings. The van der Waals surface area contributed by atoms with E-state index in [1.54, 1.807) is 24.3 Å². The second-order valence-electron chi connectivity index (χ2n) is 5.53. The van der Waals surface area contributed by atoms with Gasteiger partial charge in [-0.25, -0.2) is 15.0 Å². The van der Waals surface area contributed by atoms with Crippen LogP contribution in [0.4, 0.5) is 5.69 Å². The van der Waals surface area contributed by atoms with E-state index in [9.17, 15) is 4.79 Å². The van der Waals surface area contributed by atoms with Crippen LogP contribution in [-0.4, -0.2) is 28.0 Å². The van der Waals surface area contributed by atoms with E-state index in [0.717, 1.165) is 11.4 Å². The van der Waals surface area contributed by atoms with Crippen molar-refractivity contribution in [1.82, 2.24) is 15.0 Å². The molecule has 1 amide bonds. The Morgan fingerprint density at radius 1 is 1.19 bits per heavy atom. The first-order valence-electron chi connectivity index (χ1n) is 7.88. The van der Waals surface area contributed by atoms with Crippen LogP contribution in [0.5, 0.6) is 5.88 Å². The van der Waals surface area contributed by atoms with E-state index in [0.29, 0.717) is 28.2 Å². The fourth-order valence-corrected chi connectivity index (χ4v) is 3.08. The quantitative estimate of drug-likeness (QED) is 0.523. The minimum atomic E-state index is -0.337. The Labute approximate surface area is 155 Å². The number of aromatic nitrogens is 3. The molecule has 0 radical (unpaired) electrons. The van der Waals surface area contributed by atoms with Crippen LogP contribution in [0.3, 0.4) is 0 Å². The number of aryl methyl sites for hydroxylation is 2. The molecule has 0 aliphatic rings. The third kappa shape index (κ3) is 4.60. The average molecular weight is 370 g/mol. The number of methoxy groups -OCH3 is 1. The first-order chi connectivity index (χ1) is 12.5. The van der Waals surface area contributed by atoms with Crippen LogP contribution in [0.15, 0.2) is 46.1 Å². The molecular formula is C18H18N4O3S. The molecule has 0 fully saturated rings. The molecule has 0 bridgehead atoms. The summed E-state index contributed by atoms with van der Waals surface area (Å²) in [6, 6.07) is 8.72. The number of nitrogens with zero attached hydrogens (tertiary/aromatic N) is 3. The lowest BCUT2D eigenvalue weighted by atomic mass is 10.3. The molecule has 3 heterocycles. The monoisotopic (exact) mass is 370 g/mol. The van der Waals surface area contributed by atoms with E-state index in [2.05, 4.69) is 20.3 Å². The SMILES string of the molecule is COc1ccc(NC(=O)c2ccc(CSc3nc(C)cc(C)n3)o2)cn1. The molecule has 8 heteroatoms. The van der Waals surface area contributed by atoms with Gasteiger partial charge in [-0.3, -0.25) is 4.79 Å². The third-order valence-electron chi connectivity index (χ3n) is 3.39. The Hall–Kier alpha value is -2.87. The van der Waals surface area contributed by atoms with E-state index >= 15 is 0 Å². The van der Waals surface area contributed by atoms with E-state index in [4.69, 9.17) is 9.15 Å². The molecule has 0 saturated carbocycles. The van der Waals surface area contributed by atoms with Gasteiger partial charge in [0.1, 0.15) is 5.76 Å². The third-order valence-corrected chi connectivity index (χ3v) is 4.26. The van der Waals surface area contributed by atoms with Crippen LogP contribution < -0.4 is 10.1 Å². The van der Waals surface area contributed by atoms with Gasteiger partial charge in [0.15, 0.2) is 10.9 Å². The van der Waals surface area contributed by atoms with Crippen LogP contribution in [0.25, 0.3) is 0 Å². The highest BCUT2D eigenvalue weighted by molar-refractivity contribution is 7.98. The van der Waals surface area contributed by atoms with E-state index in [-0.39, 0.29) is 11.7 Å². The highest BCUT2D eigenvalue weighted by Gasteiger charge is 2.12. The van der Waals surface area contributed by atoms with Crippen molar-refractivity contribution in [3.05, 3.63) is 59.4 Å². The minimum absolute atomic E-state index is 0.234. The molecule has 0 aliphatic heterocycles. The predicted molar refractivity (Wildman–Crippen MR) is 98.5 cm³/mol. The highest BCUT2D eigenvalue weighted by Crippen LogP contribution is 2.22. The molecule has 7 nitrogen and oxygen atoms in total. The van der Waals surface area contributed by atoms with Gasteiger partial charge in [0, 0.05) is 17.5 Å². The summed E-state index contributed by atoms with van der Waals surface area (Å²) in [7, 11) is 1.53. The summed E-state index contributed by atoms with van der Waals surface area (Å²) in [4.78, 5) is 25.0. The van der Waals surface area contributed by atoms with Crippen LogP contribution >= 0.6 is 11.8 Å². The van der Waals surface area contributed by atoms with Crippen LogP contribution in [0, 0.1) is 13.8 Å². The maximum atomic E-state index is 12.3. The fourth-order valence-electron chi connectivity index (χ4n) is 2.24. The zero-order chi connectivity index (χ0) is 18.5.